The molecule has 4 nitrogen and oxygen atoms in total. The Labute approximate surface area is 129 Å². The molecule has 1 saturated heterocycles. The monoisotopic (exact) mass is 291 g/mol. The minimum Gasteiger partial charge on any atom is -0.378 e. The van der Waals surface area contributed by atoms with Crippen molar-refractivity contribution in [2.24, 2.45) is 0 Å². The van der Waals surface area contributed by atoms with Gasteiger partial charge >= 0.3 is 0 Å². The first kappa shape index (κ1) is 13.2. The first-order valence-corrected chi connectivity index (χ1v) is 7.54. The molecule has 0 saturated carbocycles. The lowest BCUT2D eigenvalue weighted by molar-refractivity contribution is 0.122. The van der Waals surface area contributed by atoms with Gasteiger partial charge in [-0.2, -0.15) is 0 Å². The molecular formula is C18H17N3O. The smallest absolute Gasteiger partial charge is 0.116 e. The molecule has 1 aliphatic rings. The highest BCUT2D eigenvalue weighted by atomic mass is 16.5. The third kappa shape index (κ3) is 2.42. The normalized spacial score (nSPS) is 15.2. The van der Waals surface area contributed by atoms with Crippen molar-refractivity contribution >= 4 is 16.6 Å². The van der Waals surface area contributed by atoms with Gasteiger partial charge in [-0.15, -0.1) is 0 Å². The van der Waals surface area contributed by atoms with Gasteiger partial charge in [-0.1, -0.05) is 30.3 Å². The Kier molecular flexibility index (Phi) is 3.45. The molecular weight excluding hydrogens is 274 g/mol. The lowest BCUT2D eigenvalue weighted by atomic mass is 10.0. The number of ether oxygens (including phenoxy) is 1. The molecule has 3 aromatic rings. The zero-order valence-corrected chi connectivity index (χ0v) is 12.3. The number of aromatic nitrogens is 2. The Balaban J connectivity index is 1.70. The van der Waals surface area contributed by atoms with Crippen LogP contribution in [0.5, 0.6) is 0 Å². The van der Waals surface area contributed by atoms with E-state index in [1.165, 1.54) is 11.3 Å². The fourth-order valence-corrected chi connectivity index (χ4v) is 2.92. The predicted molar refractivity (Wildman–Crippen MR) is 88.0 cm³/mol. The van der Waals surface area contributed by atoms with Crippen LogP contribution in [0.15, 0.2) is 55.0 Å². The van der Waals surface area contributed by atoms with Crippen LogP contribution in [0.4, 0.5) is 5.69 Å². The van der Waals surface area contributed by atoms with Crippen LogP contribution in [-0.2, 0) is 4.74 Å². The van der Waals surface area contributed by atoms with Crippen molar-refractivity contribution in [2.75, 3.05) is 31.2 Å². The zero-order chi connectivity index (χ0) is 14.8. The highest BCUT2D eigenvalue weighted by Crippen LogP contribution is 2.28. The van der Waals surface area contributed by atoms with Crippen molar-refractivity contribution in [2.45, 2.75) is 0 Å². The highest BCUT2D eigenvalue weighted by Gasteiger charge is 2.11. The van der Waals surface area contributed by atoms with Gasteiger partial charge in [0.25, 0.3) is 0 Å². The summed E-state index contributed by atoms with van der Waals surface area (Å²) < 4.78 is 5.41. The molecule has 0 unspecified atom stereocenters. The van der Waals surface area contributed by atoms with Crippen LogP contribution in [0.1, 0.15) is 0 Å². The first-order chi connectivity index (χ1) is 10.9. The van der Waals surface area contributed by atoms with Crippen molar-refractivity contribution < 1.29 is 4.74 Å². The summed E-state index contributed by atoms with van der Waals surface area (Å²) in [7, 11) is 0. The van der Waals surface area contributed by atoms with Crippen LogP contribution in [0, 0.1) is 0 Å². The molecule has 0 N–H and O–H groups in total. The summed E-state index contributed by atoms with van der Waals surface area (Å²) in [5, 5.41) is 1.07. The Bertz CT molecular complexity index is 774. The molecule has 110 valence electrons. The molecule has 1 aliphatic heterocycles. The second kappa shape index (κ2) is 5.73. The van der Waals surface area contributed by atoms with Crippen molar-refractivity contribution in [3.63, 3.8) is 0 Å². The number of hydrogen-bond donors (Lipinski definition) is 0. The molecule has 2 heterocycles. The fraction of sp³-hybridized carbons (Fsp3) is 0.222. The van der Waals surface area contributed by atoms with Crippen LogP contribution >= 0.6 is 0 Å². The Morgan fingerprint density at radius 1 is 0.955 bits per heavy atom. The number of morpholine rings is 1. The summed E-state index contributed by atoms with van der Waals surface area (Å²) in [6, 6.07) is 14.9. The van der Waals surface area contributed by atoms with Gasteiger partial charge in [0.15, 0.2) is 0 Å². The molecule has 22 heavy (non-hydrogen) atoms. The van der Waals surface area contributed by atoms with E-state index in [2.05, 4.69) is 51.3 Å². The molecule has 4 rings (SSSR count). The summed E-state index contributed by atoms with van der Waals surface area (Å²) >= 11 is 0. The number of fused-ring (bicyclic) bond motifs is 1. The first-order valence-electron chi connectivity index (χ1n) is 7.54. The van der Waals surface area contributed by atoms with Crippen molar-refractivity contribution in [1.29, 1.82) is 0 Å². The number of rotatable bonds is 2. The highest BCUT2D eigenvalue weighted by molar-refractivity contribution is 5.93. The lowest BCUT2D eigenvalue weighted by Gasteiger charge is -2.28. The Morgan fingerprint density at radius 3 is 2.59 bits per heavy atom. The quantitative estimate of drug-likeness (QED) is 0.727. The van der Waals surface area contributed by atoms with Gasteiger partial charge in [-0.05, 0) is 17.7 Å². The van der Waals surface area contributed by atoms with E-state index in [4.69, 9.17) is 4.74 Å². The van der Waals surface area contributed by atoms with Gasteiger partial charge < -0.3 is 9.64 Å². The topological polar surface area (TPSA) is 38.2 Å². The third-order valence-corrected chi connectivity index (χ3v) is 4.09. The number of hydrogen-bond acceptors (Lipinski definition) is 4. The van der Waals surface area contributed by atoms with E-state index in [-0.39, 0.29) is 0 Å². The molecule has 0 amide bonds. The van der Waals surface area contributed by atoms with Gasteiger partial charge in [-0.25, -0.2) is 9.97 Å². The van der Waals surface area contributed by atoms with Crippen molar-refractivity contribution in [1.82, 2.24) is 9.97 Å². The minimum atomic E-state index is 0.808. The molecule has 0 bridgehead atoms. The molecule has 0 spiro atoms. The van der Waals surface area contributed by atoms with Crippen molar-refractivity contribution in [3.05, 3.63) is 55.0 Å². The number of para-hydroxylation sites is 1. The maximum absolute atomic E-state index is 5.41. The molecule has 0 atom stereocenters. The summed E-state index contributed by atoms with van der Waals surface area (Å²) in [4.78, 5) is 10.9. The van der Waals surface area contributed by atoms with Crippen molar-refractivity contribution in [3.8, 4) is 11.1 Å². The Morgan fingerprint density at radius 2 is 1.77 bits per heavy atom. The maximum atomic E-state index is 5.41. The van der Waals surface area contributed by atoms with E-state index in [1.807, 2.05) is 12.3 Å². The molecule has 1 fully saturated rings. The molecule has 4 heteroatoms. The molecule has 2 aromatic carbocycles. The second-order valence-electron chi connectivity index (χ2n) is 5.41. The number of benzene rings is 2. The standard InChI is InChI=1S/C18H17N3O/c1-2-15-12-19-13-20-18(15)17(3-1)14-4-6-16(7-5-14)21-8-10-22-11-9-21/h1-7,12-13H,8-11H2. The SMILES string of the molecule is c1cc(-c2ccc(N3CCOCC3)cc2)c2ncncc2c1. The summed E-state index contributed by atoms with van der Waals surface area (Å²) in [6.45, 7) is 3.53. The summed E-state index contributed by atoms with van der Waals surface area (Å²) in [5.74, 6) is 0. The van der Waals surface area contributed by atoms with E-state index in [0.717, 1.165) is 42.8 Å². The van der Waals surface area contributed by atoms with Gasteiger partial charge in [0.2, 0.25) is 0 Å². The zero-order valence-electron chi connectivity index (χ0n) is 12.3. The van der Waals surface area contributed by atoms with Crippen LogP contribution < -0.4 is 4.90 Å². The van der Waals surface area contributed by atoms with Crippen LogP contribution in [0.25, 0.3) is 22.0 Å². The number of nitrogens with zero attached hydrogens (tertiary/aromatic N) is 3. The summed E-state index contributed by atoms with van der Waals surface area (Å²) in [6.07, 6.45) is 3.46. The van der Waals surface area contributed by atoms with Crippen LogP contribution in [-0.4, -0.2) is 36.3 Å². The van der Waals surface area contributed by atoms with Gasteiger partial charge in [0, 0.05) is 35.9 Å². The minimum absolute atomic E-state index is 0.808. The largest absolute Gasteiger partial charge is 0.378 e. The predicted octanol–water partition coefficient (Wildman–Crippen LogP) is 3.13. The van der Waals surface area contributed by atoms with E-state index in [1.54, 1.807) is 6.33 Å². The molecule has 0 aliphatic carbocycles. The van der Waals surface area contributed by atoms with Crippen LogP contribution in [0.2, 0.25) is 0 Å². The fourth-order valence-electron chi connectivity index (χ4n) is 2.92. The molecule has 0 radical (unpaired) electrons. The average molecular weight is 291 g/mol. The third-order valence-electron chi connectivity index (χ3n) is 4.09. The van der Waals surface area contributed by atoms with E-state index < -0.39 is 0 Å². The average Bonchev–Trinajstić information content (AvgIpc) is 2.62. The van der Waals surface area contributed by atoms with E-state index >= 15 is 0 Å². The maximum Gasteiger partial charge on any atom is 0.116 e. The van der Waals surface area contributed by atoms with Gasteiger partial charge in [0.05, 0.1) is 18.7 Å². The molecule has 1 aromatic heterocycles. The second-order valence-corrected chi connectivity index (χ2v) is 5.41. The van der Waals surface area contributed by atoms with E-state index in [0.29, 0.717) is 0 Å². The number of anilines is 1. The lowest BCUT2D eigenvalue weighted by Crippen LogP contribution is -2.36. The van der Waals surface area contributed by atoms with Crippen LogP contribution in [0.3, 0.4) is 0 Å². The van der Waals surface area contributed by atoms with E-state index in [9.17, 15) is 0 Å². The van der Waals surface area contributed by atoms with Gasteiger partial charge in [0.1, 0.15) is 6.33 Å². The van der Waals surface area contributed by atoms with Gasteiger partial charge in [-0.3, -0.25) is 0 Å². The Hall–Kier alpha value is -2.46. The summed E-state index contributed by atoms with van der Waals surface area (Å²) in [5.41, 5.74) is 4.58.